The number of Topliss-reactive ketones (excluding diaryl/α,β-unsaturated/α-hetero) is 1. The highest BCUT2D eigenvalue weighted by Gasteiger charge is 2.39. The number of esters is 1. The minimum atomic E-state index is -1.73. The molecule has 0 spiro atoms. The average molecular weight is 492 g/mol. The van der Waals surface area contributed by atoms with Gasteiger partial charge in [0.15, 0.2) is 5.71 Å². The summed E-state index contributed by atoms with van der Waals surface area (Å²) in [5, 5.41) is 6.69. The van der Waals surface area contributed by atoms with Crippen LogP contribution in [0.15, 0.2) is 52.4 Å². The van der Waals surface area contributed by atoms with Crippen molar-refractivity contribution < 1.29 is 19.1 Å². The van der Waals surface area contributed by atoms with Gasteiger partial charge in [-0.15, -0.1) is 0 Å². The molecule has 1 aromatic heterocycles. The number of aromatic nitrogens is 2. The van der Waals surface area contributed by atoms with Gasteiger partial charge in [0.25, 0.3) is 11.5 Å². The van der Waals surface area contributed by atoms with Gasteiger partial charge in [0.1, 0.15) is 11.6 Å². The summed E-state index contributed by atoms with van der Waals surface area (Å²) in [6.45, 7) is 8.99. The number of ketones is 1. The number of nitrogens with zero attached hydrogens (tertiary/aromatic N) is 2. The molecule has 0 aliphatic heterocycles. The summed E-state index contributed by atoms with van der Waals surface area (Å²) in [6.07, 6.45) is 0. The van der Waals surface area contributed by atoms with E-state index in [0.717, 1.165) is 18.2 Å². The zero-order valence-electron chi connectivity index (χ0n) is 21.1. The summed E-state index contributed by atoms with van der Waals surface area (Å²) >= 11 is 0. The monoisotopic (exact) mass is 491 g/mol. The molecule has 10 nitrogen and oxygen atoms in total. The molecule has 1 amide bonds. The number of methoxy groups -OCH3 is 1. The minimum Gasteiger partial charge on any atom is -0.464 e. The number of anilines is 1. The smallest absolute Gasteiger partial charge is 0.355 e. The number of aromatic amines is 1. The lowest BCUT2D eigenvalue weighted by Crippen LogP contribution is -2.42. The van der Waals surface area contributed by atoms with Crippen molar-refractivity contribution in [3.8, 4) is 0 Å². The maximum absolute atomic E-state index is 13.6. The number of hydrazone groups is 1. The highest BCUT2D eigenvalue weighted by Crippen LogP contribution is 2.21. The van der Waals surface area contributed by atoms with E-state index in [-0.39, 0.29) is 5.69 Å². The van der Waals surface area contributed by atoms with Crippen molar-refractivity contribution in [1.29, 1.82) is 0 Å². The average Bonchev–Trinajstić information content (AvgIpc) is 2.82. The Bertz CT molecular complexity index is 1420. The molecule has 1 atom stereocenters. The molecule has 3 N–H and O–H groups in total. The second-order valence-electron chi connectivity index (χ2n) is 9.39. The number of H-pyrrole nitrogens is 1. The Kier molecular flexibility index (Phi) is 7.67. The summed E-state index contributed by atoms with van der Waals surface area (Å²) in [4.78, 5) is 59.6. The number of hydrogen-bond donors (Lipinski definition) is 3. The largest absolute Gasteiger partial charge is 0.464 e. The minimum absolute atomic E-state index is 0.352. The Hall–Kier alpha value is -4.34. The Labute approximate surface area is 208 Å². The van der Waals surface area contributed by atoms with Crippen LogP contribution in [0.5, 0.6) is 0 Å². The van der Waals surface area contributed by atoms with E-state index < -0.39 is 40.4 Å². The van der Waals surface area contributed by atoms with E-state index in [1.54, 1.807) is 64.1 Å². The summed E-state index contributed by atoms with van der Waals surface area (Å²) in [7, 11) is 1.12. The van der Waals surface area contributed by atoms with Gasteiger partial charge in [0.05, 0.1) is 18.1 Å². The number of carbonyl (C=O) groups excluding carboxylic acids is 3. The van der Waals surface area contributed by atoms with Crippen molar-refractivity contribution >= 4 is 40.1 Å². The van der Waals surface area contributed by atoms with Crippen LogP contribution in [-0.2, 0) is 19.1 Å². The van der Waals surface area contributed by atoms with E-state index in [9.17, 15) is 19.2 Å². The van der Waals surface area contributed by atoms with Crippen LogP contribution >= 0.6 is 0 Å². The van der Waals surface area contributed by atoms with Gasteiger partial charge in [0, 0.05) is 11.2 Å². The van der Waals surface area contributed by atoms with Crippen LogP contribution in [0, 0.1) is 13.8 Å². The van der Waals surface area contributed by atoms with Crippen molar-refractivity contribution in [3.63, 3.8) is 0 Å². The Balaban J connectivity index is 2.18. The van der Waals surface area contributed by atoms with Crippen LogP contribution in [0.25, 0.3) is 11.0 Å². The van der Waals surface area contributed by atoms with Crippen LogP contribution in [0.4, 0.5) is 5.69 Å². The molecule has 0 saturated carbocycles. The topological polar surface area (TPSA) is 143 Å². The number of aryl methyl sites for hydroxylation is 2. The number of para-hydroxylation sites is 2. The molecule has 0 bridgehead atoms. The van der Waals surface area contributed by atoms with E-state index in [4.69, 9.17) is 4.74 Å². The highest BCUT2D eigenvalue weighted by molar-refractivity contribution is 6.53. The van der Waals surface area contributed by atoms with E-state index in [0.29, 0.717) is 16.7 Å². The number of amides is 1. The van der Waals surface area contributed by atoms with Gasteiger partial charge in [-0.25, -0.2) is 9.78 Å². The van der Waals surface area contributed by atoms with E-state index >= 15 is 0 Å². The zero-order chi connectivity index (χ0) is 26.6. The lowest BCUT2D eigenvalue weighted by atomic mass is 9.93. The Morgan fingerprint density at radius 2 is 1.78 bits per heavy atom. The maximum atomic E-state index is 13.6. The lowest BCUT2D eigenvalue weighted by molar-refractivity contribution is -0.136. The fourth-order valence-electron chi connectivity index (χ4n) is 3.36. The normalized spacial score (nSPS) is 12.7. The van der Waals surface area contributed by atoms with Crippen LogP contribution in [0.3, 0.4) is 0 Å². The molecule has 0 aliphatic carbocycles. The molecular formula is C26H29N5O5. The molecule has 188 valence electrons. The van der Waals surface area contributed by atoms with Gasteiger partial charge < -0.3 is 20.5 Å². The fraction of sp³-hybridized carbons (Fsp3) is 0.308. The van der Waals surface area contributed by atoms with Crippen LogP contribution in [-0.4, -0.2) is 46.0 Å². The van der Waals surface area contributed by atoms with Gasteiger partial charge in [-0.2, -0.15) is 5.10 Å². The summed E-state index contributed by atoms with van der Waals surface area (Å²) in [5.41, 5.74) is 3.44. The molecule has 0 saturated heterocycles. The molecule has 10 heteroatoms. The quantitative estimate of drug-likeness (QED) is 0.200. The van der Waals surface area contributed by atoms with Crippen LogP contribution < -0.4 is 16.3 Å². The Morgan fingerprint density at radius 3 is 2.44 bits per heavy atom. The van der Waals surface area contributed by atoms with Crippen molar-refractivity contribution in [2.24, 2.45) is 5.10 Å². The maximum Gasteiger partial charge on any atom is 0.355 e. The molecule has 3 rings (SSSR count). The first kappa shape index (κ1) is 26.3. The van der Waals surface area contributed by atoms with Gasteiger partial charge >= 0.3 is 5.97 Å². The molecule has 36 heavy (non-hydrogen) atoms. The molecule has 2 aromatic carbocycles. The summed E-state index contributed by atoms with van der Waals surface area (Å²) in [5.74, 6) is -4.84. The number of nitrogens with one attached hydrogen (secondary N) is 3. The number of rotatable bonds is 7. The first-order valence-electron chi connectivity index (χ1n) is 11.3. The predicted octanol–water partition coefficient (Wildman–Crippen LogP) is 2.75. The third-order valence-electron chi connectivity index (χ3n) is 5.21. The second kappa shape index (κ2) is 10.5. The fourth-order valence-corrected chi connectivity index (χ4v) is 3.36. The van der Waals surface area contributed by atoms with Crippen molar-refractivity contribution in [2.75, 3.05) is 12.4 Å². The first-order chi connectivity index (χ1) is 16.9. The zero-order valence-corrected chi connectivity index (χ0v) is 21.1. The Morgan fingerprint density at radius 1 is 1.08 bits per heavy atom. The number of fused-ring (bicyclic) bond motifs is 1. The van der Waals surface area contributed by atoms with Crippen LogP contribution in [0.2, 0.25) is 0 Å². The lowest BCUT2D eigenvalue weighted by Gasteiger charge is -2.21. The van der Waals surface area contributed by atoms with Crippen molar-refractivity contribution in [2.45, 2.75) is 46.1 Å². The van der Waals surface area contributed by atoms with E-state index in [1.807, 2.05) is 13.0 Å². The van der Waals surface area contributed by atoms with E-state index in [1.165, 1.54) is 0 Å². The summed E-state index contributed by atoms with van der Waals surface area (Å²) in [6, 6.07) is 12.1. The van der Waals surface area contributed by atoms with Crippen LogP contribution in [0.1, 0.15) is 43.5 Å². The highest BCUT2D eigenvalue weighted by atomic mass is 16.5. The molecule has 3 aromatic rings. The third kappa shape index (κ3) is 6.01. The van der Waals surface area contributed by atoms with Gasteiger partial charge in [-0.1, -0.05) is 24.3 Å². The van der Waals surface area contributed by atoms with Crippen molar-refractivity contribution in [1.82, 2.24) is 15.4 Å². The summed E-state index contributed by atoms with van der Waals surface area (Å²) < 4.78 is 4.86. The molecule has 1 heterocycles. The first-order valence-corrected chi connectivity index (χ1v) is 11.3. The van der Waals surface area contributed by atoms with Gasteiger partial charge in [-0.3, -0.25) is 14.4 Å². The van der Waals surface area contributed by atoms with E-state index in [2.05, 4.69) is 25.8 Å². The van der Waals surface area contributed by atoms with Gasteiger partial charge in [0.2, 0.25) is 5.78 Å². The number of benzene rings is 2. The number of hydrogen-bond acceptors (Lipinski definition) is 8. The van der Waals surface area contributed by atoms with Gasteiger partial charge in [-0.05, 0) is 63.9 Å². The molecule has 1 unspecified atom stereocenters. The molecule has 0 fully saturated rings. The second-order valence-corrected chi connectivity index (χ2v) is 9.39. The van der Waals surface area contributed by atoms with Crippen molar-refractivity contribution in [3.05, 3.63) is 69.6 Å². The number of carbonyl (C=O) groups is 3. The number of ether oxygens (including phenoxy) is 1. The molecule has 0 radical (unpaired) electrons. The third-order valence-corrected chi connectivity index (χ3v) is 5.21. The predicted molar refractivity (Wildman–Crippen MR) is 137 cm³/mol. The molecule has 0 aliphatic rings. The molecular weight excluding hydrogens is 462 g/mol. The SMILES string of the molecule is COC(=O)/C(=N/NC(C)(C)C)C(C(=O)C(=O)Nc1cc(C)ccc1C)c1nc2ccccc2[nH]c1=O. The standard InChI is InChI=1S/C26H29N5O5/c1-14-11-12-15(2)18(13-14)29-24(34)22(32)19(21(25(35)36-6)30-31-26(3,4)5)20-23(33)28-17-10-8-7-9-16(17)27-20/h7-13,19,31H,1-6H3,(H,28,33)(H,29,34)/b30-21+.